The molecule has 6 heteroatoms. The molecule has 29 heavy (non-hydrogen) atoms. The van der Waals surface area contributed by atoms with Crippen LogP contribution in [0.15, 0.2) is 53.7 Å². The summed E-state index contributed by atoms with van der Waals surface area (Å²) in [4.78, 5) is 14.4. The smallest absolute Gasteiger partial charge is 0.233 e. The first-order chi connectivity index (χ1) is 14.0. The van der Waals surface area contributed by atoms with E-state index in [0.717, 1.165) is 40.6 Å². The highest BCUT2D eigenvalue weighted by Gasteiger charge is 2.17. The molecule has 0 radical (unpaired) electrons. The third-order valence-corrected chi connectivity index (χ3v) is 5.97. The summed E-state index contributed by atoms with van der Waals surface area (Å²) in [6, 6.07) is 16.6. The van der Waals surface area contributed by atoms with E-state index < -0.39 is 0 Å². The molecule has 0 saturated carbocycles. The number of hydrogen-bond donors (Lipinski definition) is 0. The number of rotatable bonds is 8. The number of thioether (sulfide) groups is 1. The highest BCUT2D eigenvalue weighted by Crippen LogP contribution is 2.26. The molecule has 0 saturated heterocycles. The van der Waals surface area contributed by atoms with Crippen molar-refractivity contribution in [2.45, 2.75) is 45.4 Å². The van der Waals surface area contributed by atoms with Gasteiger partial charge in [-0.3, -0.25) is 4.79 Å². The predicted octanol–water partition coefficient (Wildman–Crippen LogP) is 4.59. The summed E-state index contributed by atoms with van der Waals surface area (Å²) in [6.45, 7) is 7.65. The summed E-state index contributed by atoms with van der Waals surface area (Å²) in [7, 11) is 1.85. The van der Waals surface area contributed by atoms with E-state index in [9.17, 15) is 4.79 Å². The summed E-state index contributed by atoms with van der Waals surface area (Å²) in [5.41, 5.74) is 4.69. The summed E-state index contributed by atoms with van der Waals surface area (Å²) >= 11 is 1.44. The molecule has 1 aromatic heterocycles. The van der Waals surface area contributed by atoms with Gasteiger partial charge in [-0.05, 0) is 37.0 Å². The van der Waals surface area contributed by atoms with E-state index in [2.05, 4.69) is 71.9 Å². The molecule has 5 nitrogen and oxygen atoms in total. The summed E-state index contributed by atoms with van der Waals surface area (Å²) in [5.74, 6) is 1.28. The van der Waals surface area contributed by atoms with E-state index >= 15 is 0 Å². The number of carbonyl (C=O) groups excluding carboxylic acids is 1. The van der Waals surface area contributed by atoms with Crippen molar-refractivity contribution in [3.63, 3.8) is 0 Å². The van der Waals surface area contributed by atoms with Gasteiger partial charge in [-0.1, -0.05) is 67.2 Å². The van der Waals surface area contributed by atoms with E-state index in [4.69, 9.17) is 0 Å². The SMILES string of the molecule is CCc1ccc(CN(C)C(=O)CSc2nnc(-c3ccccc3C)n2CC)cc1. The second-order valence-corrected chi connectivity index (χ2v) is 8.02. The fourth-order valence-electron chi connectivity index (χ4n) is 3.18. The van der Waals surface area contributed by atoms with Gasteiger partial charge in [0.2, 0.25) is 5.91 Å². The highest BCUT2D eigenvalue weighted by atomic mass is 32.2. The summed E-state index contributed by atoms with van der Waals surface area (Å²) < 4.78 is 2.07. The minimum absolute atomic E-state index is 0.0812. The van der Waals surface area contributed by atoms with Crippen molar-refractivity contribution in [1.29, 1.82) is 0 Å². The quantitative estimate of drug-likeness (QED) is 0.512. The Morgan fingerprint density at radius 1 is 1.03 bits per heavy atom. The molecule has 1 amide bonds. The summed E-state index contributed by atoms with van der Waals surface area (Å²) in [6.07, 6.45) is 1.02. The minimum Gasteiger partial charge on any atom is -0.341 e. The molecule has 3 rings (SSSR count). The minimum atomic E-state index is 0.0812. The van der Waals surface area contributed by atoms with Crippen molar-refractivity contribution in [3.05, 3.63) is 65.2 Å². The lowest BCUT2D eigenvalue weighted by atomic mass is 10.1. The van der Waals surface area contributed by atoms with Gasteiger partial charge in [0.05, 0.1) is 5.75 Å². The van der Waals surface area contributed by atoms with Gasteiger partial charge in [-0.15, -0.1) is 10.2 Å². The standard InChI is InChI=1S/C23H28N4OS/c1-5-18-11-13-19(14-12-18)15-26(4)21(28)16-29-23-25-24-22(27(23)6-2)20-10-8-7-9-17(20)3/h7-14H,5-6,15-16H2,1-4H3. The molecule has 0 aliphatic rings. The van der Waals surface area contributed by atoms with Crippen LogP contribution < -0.4 is 0 Å². The molecule has 0 aliphatic heterocycles. The van der Waals surface area contributed by atoms with Crippen LogP contribution in [-0.4, -0.2) is 38.4 Å². The largest absolute Gasteiger partial charge is 0.341 e. The zero-order valence-electron chi connectivity index (χ0n) is 17.6. The first kappa shape index (κ1) is 21.1. The van der Waals surface area contributed by atoms with Crippen molar-refractivity contribution in [2.75, 3.05) is 12.8 Å². The average molecular weight is 409 g/mol. The van der Waals surface area contributed by atoms with Gasteiger partial charge in [0.1, 0.15) is 0 Å². The van der Waals surface area contributed by atoms with Crippen LogP contribution in [-0.2, 0) is 24.3 Å². The Kier molecular flexibility index (Phi) is 7.09. The van der Waals surface area contributed by atoms with Gasteiger partial charge < -0.3 is 9.47 Å². The number of aryl methyl sites for hydroxylation is 2. The average Bonchev–Trinajstić information content (AvgIpc) is 3.15. The van der Waals surface area contributed by atoms with Gasteiger partial charge in [0.25, 0.3) is 0 Å². The molecule has 0 bridgehead atoms. The Morgan fingerprint density at radius 3 is 2.38 bits per heavy atom. The Balaban J connectivity index is 1.64. The van der Waals surface area contributed by atoms with Crippen molar-refractivity contribution >= 4 is 17.7 Å². The normalized spacial score (nSPS) is 10.9. The third kappa shape index (κ3) is 5.07. The zero-order chi connectivity index (χ0) is 20.8. The molecule has 0 atom stereocenters. The highest BCUT2D eigenvalue weighted by molar-refractivity contribution is 7.99. The number of nitrogens with zero attached hydrogens (tertiary/aromatic N) is 4. The number of hydrogen-bond acceptors (Lipinski definition) is 4. The van der Waals surface area contributed by atoms with Crippen LogP contribution in [0.3, 0.4) is 0 Å². The number of carbonyl (C=O) groups is 1. The van der Waals surface area contributed by atoms with Crippen LogP contribution in [0.1, 0.15) is 30.5 Å². The number of aromatic nitrogens is 3. The van der Waals surface area contributed by atoms with Crippen LogP contribution in [0.4, 0.5) is 0 Å². The molecule has 2 aromatic carbocycles. The number of benzene rings is 2. The van der Waals surface area contributed by atoms with Gasteiger partial charge in [0, 0.05) is 25.7 Å². The predicted molar refractivity (Wildman–Crippen MR) is 119 cm³/mol. The fraction of sp³-hybridized carbons (Fsp3) is 0.348. The van der Waals surface area contributed by atoms with Gasteiger partial charge in [-0.25, -0.2) is 0 Å². The van der Waals surface area contributed by atoms with Crippen LogP contribution >= 0.6 is 11.8 Å². The topological polar surface area (TPSA) is 51.0 Å². The molecule has 152 valence electrons. The van der Waals surface area contributed by atoms with E-state index in [1.165, 1.54) is 17.3 Å². The van der Waals surface area contributed by atoms with E-state index in [-0.39, 0.29) is 5.91 Å². The molecule has 0 spiro atoms. The molecule has 0 fully saturated rings. The molecule has 0 aliphatic carbocycles. The first-order valence-electron chi connectivity index (χ1n) is 9.97. The van der Waals surface area contributed by atoms with E-state index in [0.29, 0.717) is 12.3 Å². The van der Waals surface area contributed by atoms with Crippen LogP contribution in [0.25, 0.3) is 11.4 Å². The monoisotopic (exact) mass is 408 g/mol. The van der Waals surface area contributed by atoms with Crippen LogP contribution in [0.2, 0.25) is 0 Å². The van der Waals surface area contributed by atoms with Crippen molar-refractivity contribution in [3.8, 4) is 11.4 Å². The first-order valence-corrected chi connectivity index (χ1v) is 11.0. The lowest BCUT2D eigenvalue weighted by molar-refractivity contribution is -0.127. The molecule has 0 N–H and O–H groups in total. The Bertz CT molecular complexity index is 965. The Labute approximate surface area is 177 Å². The van der Waals surface area contributed by atoms with E-state index in [1.807, 2.05) is 19.2 Å². The van der Waals surface area contributed by atoms with E-state index in [1.54, 1.807) is 4.90 Å². The molecule has 1 heterocycles. The summed E-state index contributed by atoms with van der Waals surface area (Å²) in [5, 5.41) is 9.51. The van der Waals surface area contributed by atoms with Gasteiger partial charge in [-0.2, -0.15) is 0 Å². The van der Waals surface area contributed by atoms with Crippen molar-refractivity contribution in [1.82, 2.24) is 19.7 Å². The molecular formula is C23H28N4OS. The van der Waals surface area contributed by atoms with Gasteiger partial charge >= 0.3 is 0 Å². The lowest BCUT2D eigenvalue weighted by Gasteiger charge is -2.17. The lowest BCUT2D eigenvalue weighted by Crippen LogP contribution is -2.27. The van der Waals surface area contributed by atoms with Crippen molar-refractivity contribution < 1.29 is 4.79 Å². The second-order valence-electron chi connectivity index (χ2n) is 7.07. The molecular weight excluding hydrogens is 380 g/mol. The zero-order valence-corrected chi connectivity index (χ0v) is 18.4. The van der Waals surface area contributed by atoms with Crippen LogP contribution in [0.5, 0.6) is 0 Å². The van der Waals surface area contributed by atoms with Gasteiger partial charge in [0.15, 0.2) is 11.0 Å². The molecule has 3 aromatic rings. The maximum absolute atomic E-state index is 12.6. The second kappa shape index (κ2) is 9.74. The Morgan fingerprint density at radius 2 is 1.72 bits per heavy atom. The maximum Gasteiger partial charge on any atom is 0.233 e. The van der Waals surface area contributed by atoms with Crippen molar-refractivity contribution in [2.24, 2.45) is 0 Å². The fourth-order valence-corrected chi connectivity index (χ4v) is 4.13. The molecule has 0 unspecified atom stereocenters. The third-order valence-electron chi connectivity index (χ3n) is 5.02. The Hall–Kier alpha value is -2.60. The maximum atomic E-state index is 12.6. The van der Waals surface area contributed by atoms with Crippen LogP contribution in [0, 0.1) is 6.92 Å². The number of amides is 1.